The van der Waals surface area contributed by atoms with Gasteiger partial charge in [0, 0.05) is 31.1 Å². The minimum Gasteiger partial charge on any atom is -0.353 e. The van der Waals surface area contributed by atoms with Crippen LogP contribution in [0.2, 0.25) is 0 Å². The first-order chi connectivity index (χ1) is 12.7. The molecule has 5 nitrogen and oxygen atoms in total. The van der Waals surface area contributed by atoms with Gasteiger partial charge in [-0.3, -0.25) is 9.59 Å². The highest BCUT2D eigenvalue weighted by Crippen LogP contribution is 2.23. The van der Waals surface area contributed by atoms with Gasteiger partial charge in [0.05, 0.1) is 0 Å². The van der Waals surface area contributed by atoms with Crippen molar-refractivity contribution >= 4 is 11.8 Å². The summed E-state index contributed by atoms with van der Waals surface area (Å²) in [6, 6.07) is 8.22. The Hall–Kier alpha value is -1.88. The third-order valence-electron chi connectivity index (χ3n) is 5.55. The first-order valence-electron chi connectivity index (χ1n) is 10.1. The largest absolute Gasteiger partial charge is 0.353 e. The van der Waals surface area contributed by atoms with Crippen molar-refractivity contribution in [3.8, 4) is 0 Å². The van der Waals surface area contributed by atoms with Gasteiger partial charge in [-0.05, 0) is 55.8 Å². The molecule has 0 spiro atoms. The second kappa shape index (κ2) is 9.72. The third kappa shape index (κ3) is 5.56. The maximum absolute atomic E-state index is 12.2. The van der Waals surface area contributed by atoms with E-state index in [0.717, 1.165) is 25.9 Å². The van der Waals surface area contributed by atoms with Gasteiger partial charge in [0.15, 0.2) is 0 Å². The summed E-state index contributed by atoms with van der Waals surface area (Å²) in [5.41, 5.74) is 1.95. The fourth-order valence-electron chi connectivity index (χ4n) is 3.98. The normalized spacial score (nSPS) is 21.2. The van der Waals surface area contributed by atoms with Gasteiger partial charge in [-0.15, -0.1) is 0 Å². The van der Waals surface area contributed by atoms with Crippen LogP contribution in [0.25, 0.3) is 0 Å². The van der Waals surface area contributed by atoms with E-state index in [2.05, 4.69) is 28.1 Å². The Labute approximate surface area is 156 Å². The van der Waals surface area contributed by atoms with Crippen LogP contribution in [0.4, 0.5) is 0 Å². The van der Waals surface area contributed by atoms with Crippen LogP contribution in [0.3, 0.4) is 0 Å². The highest BCUT2D eigenvalue weighted by molar-refractivity contribution is 5.94. The number of carbonyl (C=O) groups excluding carboxylic acids is 2. The summed E-state index contributed by atoms with van der Waals surface area (Å²) >= 11 is 0. The van der Waals surface area contributed by atoms with Crippen LogP contribution in [-0.4, -0.2) is 37.5 Å². The van der Waals surface area contributed by atoms with Crippen molar-refractivity contribution in [2.24, 2.45) is 0 Å². The molecule has 3 rings (SSSR count). The van der Waals surface area contributed by atoms with E-state index in [-0.39, 0.29) is 11.8 Å². The van der Waals surface area contributed by atoms with Gasteiger partial charge in [0.25, 0.3) is 5.91 Å². The maximum Gasteiger partial charge on any atom is 0.251 e. The molecular weight excluding hydrogens is 326 g/mol. The van der Waals surface area contributed by atoms with Crippen LogP contribution in [0, 0.1) is 0 Å². The molecule has 2 amide bonds. The van der Waals surface area contributed by atoms with Gasteiger partial charge in [-0.1, -0.05) is 31.4 Å². The number of hydrogen-bond acceptors (Lipinski definition) is 3. The summed E-state index contributed by atoms with van der Waals surface area (Å²) in [6.45, 7) is 2.50. The van der Waals surface area contributed by atoms with Crippen molar-refractivity contribution in [3.05, 3.63) is 35.4 Å². The van der Waals surface area contributed by atoms with Crippen LogP contribution in [0.1, 0.15) is 73.2 Å². The van der Waals surface area contributed by atoms with Crippen LogP contribution < -0.4 is 16.0 Å². The molecule has 0 radical (unpaired) electrons. The number of amides is 2. The van der Waals surface area contributed by atoms with E-state index in [1.165, 1.54) is 37.7 Å². The predicted octanol–water partition coefficient (Wildman–Crippen LogP) is 2.72. The zero-order chi connectivity index (χ0) is 18.2. The van der Waals surface area contributed by atoms with Crippen molar-refractivity contribution in [2.45, 2.75) is 63.3 Å². The molecule has 1 saturated carbocycles. The van der Waals surface area contributed by atoms with Gasteiger partial charge in [-0.2, -0.15) is 0 Å². The van der Waals surface area contributed by atoms with E-state index < -0.39 is 0 Å². The molecule has 1 aliphatic carbocycles. The second-order valence-electron chi connectivity index (χ2n) is 7.57. The Morgan fingerprint density at radius 3 is 2.46 bits per heavy atom. The number of carbonyl (C=O) groups is 2. The summed E-state index contributed by atoms with van der Waals surface area (Å²) in [4.78, 5) is 24.2. The number of piperidine rings is 1. The fraction of sp³-hybridized carbons (Fsp3) is 0.619. The van der Waals surface area contributed by atoms with E-state index >= 15 is 0 Å². The van der Waals surface area contributed by atoms with Gasteiger partial charge < -0.3 is 16.0 Å². The Bertz CT molecular complexity index is 588. The molecule has 1 aromatic rings. The molecular formula is C21H31N3O2. The van der Waals surface area contributed by atoms with Crippen LogP contribution in [0.15, 0.2) is 24.3 Å². The minimum atomic E-state index is -0.108. The Morgan fingerprint density at radius 2 is 1.77 bits per heavy atom. The van der Waals surface area contributed by atoms with Crippen molar-refractivity contribution < 1.29 is 9.59 Å². The first-order valence-corrected chi connectivity index (χ1v) is 10.1. The molecule has 1 atom stereocenters. The quantitative estimate of drug-likeness (QED) is 0.733. The average molecular weight is 357 g/mol. The molecule has 5 heteroatoms. The van der Waals surface area contributed by atoms with Crippen molar-refractivity contribution in [1.82, 2.24) is 16.0 Å². The van der Waals surface area contributed by atoms with Gasteiger partial charge in [0.2, 0.25) is 5.91 Å². The average Bonchev–Trinajstić information content (AvgIpc) is 2.69. The van der Waals surface area contributed by atoms with Crippen LogP contribution in [-0.2, 0) is 4.79 Å². The maximum atomic E-state index is 12.2. The number of rotatable bonds is 6. The fourth-order valence-corrected chi connectivity index (χ4v) is 3.98. The zero-order valence-corrected chi connectivity index (χ0v) is 15.6. The molecule has 142 valence electrons. The van der Waals surface area contributed by atoms with Crippen molar-refractivity contribution in [3.63, 3.8) is 0 Å². The smallest absolute Gasteiger partial charge is 0.251 e. The van der Waals surface area contributed by atoms with E-state index in [9.17, 15) is 9.59 Å². The summed E-state index contributed by atoms with van der Waals surface area (Å²) in [6.07, 6.45) is 8.60. The Balaban J connectivity index is 1.39. The SMILES string of the molecule is O=C(CCNC(=O)c1ccc(C2CCCNC2)cc1)NC1CCCCC1. The molecule has 0 aromatic heterocycles. The molecule has 0 bridgehead atoms. The minimum absolute atomic E-state index is 0.0392. The lowest BCUT2D eigenvalue weighted by molar-refractivity contribution is -0.121. The molecule has 3 N–H and O–H groups in total. The first kappa shape index (κ1) is 18.9. The van der Waals surface area contributed by atoms with Crippen LogP contribution >= 0.6 is 0 Å². The summed E-state index contributed by atoms with van der Waals surface area (Å²) in [5.74, 6) is 0.477. The van der Waals surface area contributed by atoms with E-state index in [1.807, 2.05) is 12.1 Å². The standard InChI is InChI=1S/C21H31N3O2/c25-20(24-19-6-2-1-3-7-19)12-14-23-21(26)17-10-8-16(9-11-17)18-5-4-13-22-15-18/h8-11,18-19,22H,1-7,12-15H2,(H,23,26)(H,24,25). The van der Waals surface area contributed by atoms with E-state index in [1.54, 1.807) is 0 Å². The predicted molar refractivity (Wildman–Crippen MR) is 103 cm³/mol. The van der Waals surface area contributed by atoms with E-state index in [0.29, 0.717) is 30.5 Å². The summed E-state index contributed by atoms with van der Waals surface area (Å²) in [7, 11) is 0. The lowest BCUT2D eigenvalue weighted by Crippen LogP contribution is -2.38. The molecule has 1 aliphatic heterocycles. The number of nitrogens with one attached hydrogen (secondary N) is 3. The Kier molecular flexibility index (Phi) is 7.06. The lowest BCUT2D eigenvalue weighted by atomic mass is 9.91. The third-order valence-corrected chi connectivity index (χ3v) is 5.55. The molecule has 2 fully saturated rings. The number of benzene rings is 1. The topological polar surface area (TPSA) is 70.2 Å². The second-order valence-corrected chi connectivity index (χ2v) is 7.57. The molecule has 1 saturated heterocycles. The monoisotopic (exact) mass is 357 g/mol. The zero-order valence-electron chi connectivity index (χ0n) is 15.6. The summed E-state index contributed by atoms with van der Waals surface area (Å²) < 4.78 is 0. The Morgan fingerprint density at radius 1 is 1.00 bits per heavy atom. The summed E-state index contributed by atoms with van der Waals surface area (Å²) in [5, 5.41) is 9.36. The van der Waals surface area contributed by atoms with Gasteiger partial charge in [-0.25, -0.2) is 0 Å². The lowest BCUT2D eigenvalue weighted by Gasteiger charge is -2.23. The van der Waals surface area contributed by atoms with Crippen molar-refractivity contribution in [2.75, 3.05) is 19.6 Å². The van der Waals surface area contributed by atoms with Crippen molar-refractivity contribution in [1.29, 1.82) is 0 Å². The molecule has 1 heterocycles. The molecule has 1 aromatic carbocycles. The molecule has 26 heavy (non-hydrogen) atoms. The molecule has 2 aliphatic rings. The molecule has 1 unspecified atom stereocenters. The van der Waals surface area contributed by atoms with Gasteiger partial charge >= 0.3 is 0 Å². The number of hydrogen-bond donors (Lipinski definition) is 3. The highest BCUT2D eigenvalue weighted by atomic mass is 16.2. The van der Waals surface area contributed by atoms with Crippen LogP contribution in [0.5, 0.6) is 0 Å². The highest BCUT2D eigenvalue weighted by Gasteiger charge is 2.17. The van der Waals surface area contributed by atoms with Gasteiger partial charge in [0.1, 0.15) is 0 Å². The van der Waals surface area contributed by atoms with E-state index in [4.69, 9.17) is 0 Å².